The van der Waals surface area contributed by atoms with Crippen LogP contribution >= 0.6 is 11.3 Å². The standard InChI is InChI=1S/C16H25N3OS/c1-7-16(5,6)18-8-10(2)19-9-17-14-13(15(19)20)11(3)12(4)21-14/h9-10,18H,7-8H2,1-6H3. The summed E-state index contributed by atoms with van der Waals surface area (Å²) in [6, 6.07) is 0.0832. The highest BCUT2D eigenvalue weighted by molar-refractivity contribution is 7.18. The molecule has 0 radical (unpaired) electrons. The summed E-state index contributed by atoms with van der Waals surface area (Å²) in [6.07, 6.45) is 2.74. The minimum atomic E-state index is 0.0745. The summed E-state index contributed by atoms with van der Waals surface area (Å²) in [7, 11) is 0. The molecular formula is C16H25N3OS. The first kappa shape index (κ1) is 16.2. The molecule has 0 fully saturated rings. The van der Waals surface area contributed by atoms with E-state index in [1.54, 1.807) is 22.2 Å². The lowest BCUT2D eigenvalue weighted by Crippen LogP contribution is -2.42. The second-order valence-electron chi connectivity index (χ2n) is 6.39. The average Bonchev–Trinajstić information content (AvgIpc) is 2.73. The van der Waals surface area contributed by atoms with Crippen LogP contribution in [0.4, 0.5) is 0 Å². The lowest BCUT2D eigenvalue weighted by Gasteiger charge is -2.27. The van der Waals surface area contributed by atoms with Crippen LogP contribution in [0, 0.1) is 13.8 Å². The van der Waals surface area contributed by atoms with Crippen molar-refractivity contribution in [3.8, 4) is 0 Å². The number of fused-ring (bicyclic) bond motifs is 1. The predicted molar refractivity (Wildman–Crippen MR) is 90.4 cm³/mol. The first-order chi connectivity index (χ1) is 9.76. The first-order valence-electron chi connectivity index (χ1n) is 7.48. The van der Waals surface area contributed by atoms with Gasteiger partial charge in [-0.15, -0.1) is 11.3 Å². The second kappa shape index (κ2) is 5.89. The maximum Gasteiger partial charge on any atom is 0.262 e. The molecule has 0 spiro atoms. The van der Waals surface area contributed by atoms with E-state index in [1.807, 2.05) is 13.8 Å². The van der Waals surface area contributed by atoms with Crippen LogP contribution in [0.25, 0.3) is 10.2 Å². The van der Waals surface area contributed by atoms with E-state index in [0.717, 1.165) is 28.7 Å². The lowest BCUT2D eigenvalue weighted by molar-refractivity contribution is 0.341. The number of nitrogens with zero attached hydrogens (tertiary/aromatic N) is 2. The van der Waals surface area contributed by atoms with Crippen LogP contribution in [0.1, 0.15) is 50.6 Å². The zero-order valence-electron chi connectivity index (χ0n) is 13.8. The van der Waals surface area contributed by atoms with E-state index in [4.69, 9.17) is 0 Å². The third-order valence-corrected chi connectivity index (χ3v) is 5.46. The maximum atomic E-state index is 12.7. The summed E-state index contributed by atoms with van der Waals surface area (Å²) in [5.74, 6) is 0. The van der Waals surface area contributed by atoms with Gasteiger partial charge in [0.1, 0.15) is 4.83 Å². The Morgan fingerprint density at radius 1 is 1.43 bits per heavy atom. The monoisotopic (exact) mass is 307 g/mol. The number of aromatic nitrogens is 2. The summed E-state index contributed by atoms with van der Waals surface area (Å²) in [6.45, 7) is 13.4. The van der Waals surface area contributed by atoms with E-state index in [9.17, 15) is 4.79 Å². The van der Waals surface area contributed by atoms with Crippen molar-refractivity contribution in [2.24, 2.45) is 0 Å². The van der Waals surface area contributed by atoms with Crippen LogP contribution in [-0.4, -0.2) is 21.6 Å². The van der Waals surface area contributed by atoms with Crippen LogP contribution < -0.4 is 10.9 Å². The zero-order chi connectivity index (χ0) is 15.8. The Hall–Kier alpha value is -1.20. The molecule has 0 aromatic carbocycles. The quantitative estimate of drug-likeness (QED) is 0.921. The fraction of sp³-hybridized carbons (Fsp3) is 0.625. The normalized spacial score (nSPS) is 13.8. The van der Waals surface area contributed by atoms with Gasteiger partial charge in [0.2, 0.25) is 0 Å². The zero-order valence-corrected chi connectivity index (χ0v) is 14.6. The lowest BCUT2D eigenvalue weighted by atomic mass is 10.0. The molecule has 0 amide bonds. The van der Waals surface area contributed by atoms with Gasteiger partial charge in [-0.1, -0.05) is 6.92 Å². The second-order valence-corrected chi connectivity index (χ2v) is 7.59. The van der Waals surface area contributed by atoms with Crippen LogP contribution in [0.3, 0.4) is 0 Å². The minimum absolute atomic E-state index is 0.0745. The Bertz CT molecular complexity index is 699. The van der Waals surface area contributed by atoms with Crippen LogP contribution in [0.5, 0.6) is 0 Å². The molecule has 1 unspecified atom stereocenters. The number of rotatable bonds is 5. The van der Waals surface area contributed by atoms with Crippen molar-refractivity contribution >= 4 is 21.6 Å². The molecule has 0 bridgehead atoms. The van der Waals surface area contributed by atoms with Crippen LogP contribution in [0.2, 0.25) is 0 Å². The van der Waals surface area contributed by atoms with Crippen molar-refractivity contribution in [2.75, 3.05) is 6.54 Å². The van der Waals surface area contributed by atoms with Crippen LogP contribution in [-0.2, 0) is 0 Å². The van der Waals surface area contributed by atoms with Crippen molar-refractivity contribution in [1.82, 2.24) is 14.9 Å². The SMILES string of the molecule is CCC(C)(C)NCC(C)n1cnc2sc(C)c(C)c2c1=O. The first-order valence-corrected chi connectivity index (χ1v) is 8.30. The Morgan fingerprint density at radius 3 is 2.71 bits per heavy atom. The summed E-state index contributed by atoms with van der Waals surface area (Å²) in [5.41, 5.74) is 1.23. The molecule has 2 aromatic heterocycles. The number of hydrogen-bond acceptors (Lipinski definition) is 4. The fourth-order valence-electron chi connectivity index (χ4n) is 2.21. The summed E-state index contributed by atoms with van der Waals surface area (Å²) >= 11 is 1.59. The van der Waals surface area contributed by atoms with E-state index < -0.39 is 0 Å². The molecular weight excluding hydrogens is 282 g/mol. The summed E-state index contributed by atoms with van der Waals surface area (Å²) < 4.78 is 1.75. The smallest absolute Gasteiger partial charge is 0.262 e. The van der Waals surface area contributed by atoms with Gasteiger partial charge >= 0.3 is 0 Å². The summed E-state index contributed by atoms with van der Waals surface area (Å²) in [5, 5.41) is 4.30. The molecule has 21 heavy (non-hydrogen) atoms. The topological polar surface area (TPSA) is 46.9 Å². The molecule has 2 rings (SSSR count). The van der Waals surface area contributed by atoms with Crippen molar-refractivity contribution in [3.63, 3.8) is 0 Å². The summed E-state index contributed by atoms with van der Waals surface area (Å²) in [4.78, 5) is 19.2. The molecule has 0 aliphatic carbocycles. The number of aryl methyl sites for hydroxylation is 2. The van der Waals surface area contributed by atoms with E-state index in [1.165, 1.54) is 4.88 Å². The molecule has 2 aromatic rings. The molecule has 0 saturated carbocycles. The number of thiophene rings is 1. The van der Waals surface area contributed by atoms with Crippen molar-refractivity contribution in [2.45, 2.75) is 59.5 Å². The van der Waals surface area contributed by atoms with Gasteiger partial charge in [-0.2, -0.15) is 0 Å². The molecule has 116 valence electrons. The Balaban J connectivity index is 2.32. The minimum Gasteiger partial charge on any atom is -0.310 e. The van der Waals surface area contributed by atoms with E-state index in [2.05, 4.69) is 38.0 Å². The van der Waals surface area contributed by atoms with Gasteiger partial charge < -0.3 is 5.32 Å². The van der Waals surface area contributed by atoms with E-state index >= 15 is 0 Å². The highest BCUT2D eigenvalue weighted by Gasteiger charge is 2.18. The Labute approximate surface area is 130 Å². The average molecular weight is 307 g/mol. The van der Waals surface area contributed by atoms with E-state index in [-0.39, 0.29) is 17.1 Å². The molecule has 0 aliphatic heterocycles. The van der Waals surface area contributed by atoms with Gasteiger partial charge in [-0.3, -0.25) is 9.36 Å². The third kappa shape index (κ3) is 3.19. The molecule has 5 heteroatoms. The number of hydrogen-bond donors (Lipinski definition) is 1. The predicted octanol–water partition coefficient (Wildman–Crippen LogP) is 3.41. The molecule has 0 aliphatic rings. The maximum absolute atomic E-state index is 12.7. The largest absolute Gasteiger partial charge is 0.310 e. The van der Waals surface area contributed by atoms with Gasteiger partial charge in [-0.25, -0.2) is 4.98 Å². The highest BCUT2D eigenvalue weighted by Crippen LogP contribution is 2.25. The van der Waals surface area contributed by atoms with Crippen molar-refractivity contribution in [1.29, 1.82) is 0 Å². The van der Waals surface area contributed by atoms with Gasteiger partial charge in [0.25, 0.3) is 5.56 Å². The molecule has 0 saturated heterocycles. The molecule has 1 atom stereocenters. The number of nitrogens with one attached hydrogen (secondary N) is 1. The van der Waals surface area contributed by atoms with Crippen molar-refractivity contribution in [3.05, 3.63) is 27.1 Å². The fourth-order valence-corrected chi connectivity index (χ4v) is 3.20. The Kier molecular flexibility index (Phi) is 4.54. The molecule has 2 heterocycles. The van der Waals surface area contributed by atoms with Crippen molar-refractivity contribution < 1.29 is 0 Å². The Morgan fingerprint density at radius 2 is 2.10 bits per heavy atom. The molecule has 1 N–H and O–H groups in total. The van der Waals surface area contributed by atoms with Gasteiger partial charge in [0.15, 0.2) is 0 Å². The van der Waals surface area contributed by atoms with E-state index in [0.29, 0.717) is 0 Å². The third-order valence-electron chi connectivity index (χ3n) is 4.35. The molecule has 4 nitrogen and oxygen atoms in total. The highest BCUT2D eigenvalue weighted by atomic mass is 32.1. The van der Waals surface area contributed by atoms with Crippen LogP contribution in [0.15, 0.2) is 11.1 Å². The van der Waals surface area contributed by atoms with Gasteiger partial charge in [0, 0.05) is 23.0 Å². The van der Waals surface area contributed by atoms with Gasteiger partial charge in [-0.05, 0) is 46.6 Å². The van der Waals surface area contributed by atoms with Gasteiger partial charge in [0.05, 0.1) is 11.7 Å².